The smallest absolute Gasteiger partial charge is 0.0379 e. The lowest BCUT2D eigenvalue weighted by atomic mass is 9.65. The minimum Gasteiger partial charge on any atom is -0.384 e. The number of fused-ring (bicyclic) bond motifs is 1. The van der Waals surface area contributed by atoms with E-state index in [1.807, 2.05) is 0 Å². The van der Waals surface area contributed by atoms with Crippen LogP contribution in [0, 0.1) is 11.3 Å². The monoisotopic (exact) mass is 278 g/mol. The van der Waals surface area contributed by atoms with Crippen molar-refractivity contribution < 1.29 is 0 Å². The summed E-state index contributed by atoms with van der Waals surface area (Å²) in [5.74, 6) is 0.725. The fraction of sp³-hybridized carbons (Fsp3) is 0.474. The maximum absolute atomic E-state index is 4.23. The second-order valence-electron chi connectivity index (χ2n) is 7.23. The highest BCUT2D eigenvalue weighted by Crippen LogP contribution is 2.65. The van der Waals surface area contributed by atoms with Gasteiger partial charge in [-0.1, -0.05) is 36.4 Å². The summed E-state index contributed by atoms with van der Waals surface area (Å²) in [7, 11) is 0. The number of benzene rings is 1. The molecular formula is C19H22N2. The Bertz CT molecular complexity index is 649. The Labute approximate surface area is 126 Å². The largest absolute Gasteiger partial charge is 0.384 e. The van der Waals surface area contributed by atoms with Gasteiger partial charge in [0.15, 0.2) is 0 Å². The number of para-hydroxylation sites is 1. The molecular weight excluding hydrogens is 256 g/mol. The third-order valence-electron chi connectivity index (χ3n) is 6.62. The van der Waals surface area contributed by atoms with Crippen LogP contribution < -0.4 is 5.32 Å². The van der Waals surface area contributed by atoms with Gasteiger partial charge in [-0.2, -0.15) is 0 Å². The van der Waals surface area contributed by atoms with Crippen molar-refractivity contribution in [1.29, 1.82) is 0 Å². The van der Waals surface area contributed by atoms with Crippen LogP contribution in [0.25, 0.3) is 0 Å². The third-order valence-corrected chi connectivity index (χ3v) is 6.62. The summed E-state index contributed by atoms with van der Waals surface area (Å²) in [6, 6.07) is 9.62. The van der Waals surface area contributed by atoms with Crippen LogP contribution >= 0.6 is 0 Å². The van der Waals surface area contributed by atoms with Gasteiger partial charge in [-0.05, 0) is 36.9 Å². The van der Waals surface area contributed by atoms with Crippen molar-refractivity contribution >= 4 is 5.69 Å². The molecule has 5 rings (SSSR count). The van der Waals surface area contributed by atoms with Gasteiger partial charge < -0.3 is 5.32 Å². The topological polar surface area (TPSA) is 15.3 Å². The SMILES string of the molecule is C=C[C@]12C=CCN3CC[C@@]4(c5ccccc5NC[C@H]4C1)[C@@H]32. The predicted molar refractivity (Wildman–Crippen MR) is 86.5 cm³/mol. The summed E-state index contributed by atoms with van der Waals surface area (Å²) in [6.07, 6.45) is 9.63. The molecule has 1 saturated heterocycles. The van der Waals surface area contributed by atoms with E-state index in [0.29, 0.717) is 11.5 Å². The predicted octanol–water partition coefficient (Wildman–Crippen LogP) is 3.19. The van der Waals surface area contributed by atoms with Gasteiger partial charge in [-0.15, -0.1) is 6.58 Å². The Morgan fingerprint density at radius 1 is 1.33 bits per heavy atom. The molecule has 1 spiro atoms. The minimum atomic E-state index is 0.179. The van der Waals surface area contributed by atoms with Crippen molar-refractivity contribution in [2.45, 2.75) is 24.3 Å². The van der Waals surface area contributed by atoms with Gasteiger partial charge in [0.05, 0.1) is 0 Å². The van der Waals surface area contributed by atoms with Crippen LogP contribution in [0.1, 0.15) is 18.4 Å². The van der Waals surface area contributed by atoms with Gasteiger partial charge in [-0.25, -0.2) is 0 Å². The molecule has 3 heterocycles. The third kappa shape index (κ3) is 1.24. The fourth-order valence-corrected chi connectivity index (χ4v) is 5.95. The molecule has 0 bridgehead atoms. The van der Waals surface area contributed by atoms with E-state index in [0.717, 1.165) is 19.0 Å². The van der Waals surface area contributed by atoms with Crippen LogP contribution in [0.4, 0.5) is 5.69 Å². The van der Waals surface area contributed by atoms with Gasteiger partial charge in [0.1, 0.15) is 0 Å². The number of nitrogens with one attached hydrogen (secondary N) is 1. The van der Waals surface area contributed by atoms with E-state index < -0.39 is 0 Å². The van der Waals surface area contributed by atoms with Gasteiger partial charge >= 0.3 is 0 Å². The van der Waals surface area contributed by atoms with Crippen LogP contribution in [0.5, 0.6) is 0 Å². The van der Waals surface area contributed by atoms with Gasteiger partial charge in [0, 0.05) is 35.6 Å². The lowest BCUT2D eigenvalue weighted by Crippen LogP contribution is -2.51. The number of hydrogen-bond acceptors (Lipinski definition) is 2. The van der Waals surface area contributed by atoms with E-state index in [1.165, 1.54) is 25.1 Å². The van der Waals surface area contributed by atoms with Crippen LogP contribution in [0.2, 0.25) is 0 Å². The molecule has 0 radical (unpaired) electrons. The molecule has 108 valence electrons. The quantitative estimate of drug-likeness (QED) is 0.794. The Balaban J connectivity index is 1.78. The van der Waals surface area contributed by atoms with Crippen LogP contribution in [-0.2, 0) is 5.41 Å². The molecule has 21 heavy (non-hydrogen) atoms. The highest BCUT2D eigenvalue weighted by atomic mass is 15.2. The highest BCUT2D eigenvalue weighted by molar-refractivity contribution is 5.61. The maximum atomic E-state index is 4.23. The number of hydrogen-bond donors (Lipinski definition) is 1. The average Bonchev–Trinajstić information content (AvgIpc) is 3.06. The molecule has 2 heteroatoms. The van der Waals surface area contributed by atoms with Crippen molar-refractivity contribution in [1.82, 2.24) is 4.90 Å². The normalized spacial score (nSPS) is 42.9. The van der Waals surface area contributed by atoms with Crippen molar-refractivity contribution in [3.8, 4) is 0 Å². The van der Waals surface area contributed by atoms with Gasteiger partial charge in [0.2, 0.25) is 0 Å². The molecule has 1 aromatic rings. The zero-order valence-electron chi connectivity index (χ0n) is 12.4. The standard InChI is InChI=1S/C19H22N2/c1-2-18-8-5-10-21-11-9-19(17(18)21)14(12-18)13-20-16-7-4-3-6-15(16)19/h2-8,14,17,20H,1,9-13H2/t14-,17+,18+,19-/m1/s1. The van der Waals surface area contributed by atoms with Crippen molar-refractivity contribution in [2.75, 3.05) is 25.0 Å². The van der Waals surface area contributed by atoms with E-state index in [4.69, 9.17) is 0 Å². The molecule has 1 N–H and O–H groups in total. The second-order valence-corrected chi connectivity index (χ2v) is 7.23. The average molecular weight is 278 g/mol. The lowest BCUT2D eigenvalue weighted by Gasteiger charge is -2.45. The summed E-state index contributed by atoms with van der Waals surface area (Å²) in [6.45, 7) is 7.69. The zero-order valence-corrected chi connectivity index (χ0v) is 12.4. The molecule has 4 atom stereocenters. The van der Waals surface area contributed by atoms with E-state index in [2.05, 4.69) is 59.3 Å². The van der Waals surface area contributed by atoms with Crippen molar-refractivity contribution in [2.24, 2.45) is 11.3 Å². The second kappa shape index (κ2) is 3.80. The van der Waals surface area contributed by atoms with E-state index in [1.54, 1.807) is 5.56 Å². The summed E-state index contributed by atoms with van der Waals surface area (Å²) in [5.41, 5.74) is 3.44. The molecule has 0 aromatic heterocycles. The lowest BCUT2D eigenvalue weighted by molar-refractivity contribution is 0.164. The van der Waals surface area contributed by atoms with Crippen LogP contribution in [-0.4, -0.2) is 30.6 Å². The van der Waals surface area contributed by atoms with Crippen molar-refractivity contribution in [3.63, 3.8) is 0 Å². The Morgan fingerprint density at radius 2 is 2.24 bits per heavy atom. The highest BCUT2D eigenvalue weighted by Gasteiger charge is 2.67. The summed E-state index contributed by atoms with van der Waals surface area (Å²) in [4.78, 5) is 2.71. The maximum Gasteiger partial charge on any atom is 0.0379 e. The minimum absolute atomic E-state index is 0.179. The first kappa shape index (κ1) is 12.0. The number of rotatable bonds is 1. The van der Waals surface area contributed by atoms with E-state index in [9.17, 15) is 0 Å². The van der Waals surface area contributed by atoms with Gasteiger partial charge in [0.25, 0.3) is 0 Å². The summed E-state index contributed by atoms with van der Waals surface area (Å²) < 4.78 is 0. The first-order valence-electron chi connectivity index (χ1n) is 8.19. The van der Waals surface area contributed by atoms with Crippen molar-refractivity contribution in [3.05, 3.63) is 54.6 Å². The molecule has 3 aliphatic heterocycles. The summed E-state index contributed by atoms with van der Waals surface area (Å²) in [5, 5.41) is 3.69. The molecule has 0 amide bonds. The first-order valence-corrected chi connectivity index (χ1v) is 8.19. The number of anilines is 1. The summed E-state index contributed by atoms with van der Waals surface area (Å²) >= 11 is 0. The fourth-order valence-electron chi connectivity index (χ4n) is 5.95. The van der Waals surface area contributed by atoms with E-state index >= 15 is 0 Å². The van der Waals surface area contributed by atoms with Crippen LogP contribution in [0.3, 0.4) is 0 Å². The molecule has 1 aliphatic carbocycles. The Morgan fingerprint density at radius 3 is 3.14 bits per heavy atom. The molecule has 2 nitrogen and oxygen atoms in total. The van der Waals surface area contributed by atoms with Crippen LogP contribution in [0.15, 0.2) is 49.1 Å². The molecule has 0 unspecified atom stereocenters. The number of nitrogens with zero attached hydrogens (tertiary/aromatic N) is 1. The molecule has 2 fully saturated rings. The molecule has 4 aliphatic rings. The van der Waals surface area contributed by atoms with Gasteiger partial charge in [-0.3, -0.25) is 4.90 Å². The molecule has 1 aromatic carbocycles. The zero-order chi connectivity index (χ0) is 14.1. The molecule has 1 saturated carbocycles. The Hall–Kier alpha value is -1.54. The van der Waals surface area contributed by atoms with E-state index in [-0.39, 0.29) is 5.41 Å². The first-order chi connectivity index (χ1) is 10.3. The Kier molecular flexibility index (Phi) is 2.18.